The molecule has 13 heavy (non-hydrogen) atoms. The second-order valence-electron chi connectivity index (χ2n) is 3.43. The third-order valence-corrected chi connectivity index (χ3v) is 2.53. The van der Waals surface area contributed by atoms with Crippen LogP contribution in [0.4, 0.5) is 5.69 Å². The highest BCUT2D eigenvalue weighted by atomic mass is 16.3. The van der Waals surface area contributed by atoms with Crippen LogP contribution in [0.2, 0.25) is 0 Å². The molecule has 0 bridgehead atoms. The van der Waals surface area contributed by atoms with E-state index in [1.807, 2.05) is 6.07 Å². The number of benzene rings is 1. The van der Waals surface area contributed by atoms with Gasteiger partial charge in [0.2, 0.25) is 0 Å². The second kappa shape index (κ2) is 3.26. The number of nitrogens with one attached hydrogen (secondary N) is 1. The number of fused-ring (bicyclic) bond motifs is 1. The van der Waals surface area contributed by atoms with E-state index < -0.39 is 0 Å². The monoisotopic (exact) mass is 178 g/mol. The van der Waals surface area contributed by atoms with E-state index in [4.69, 9.17) is 5.73 Å². The average Bonchev–Trinajstić information content (AvgIpc) is 2.49. The van der Waals surface area contributed by atoms with Gasteiger partial charge in [-0.1, -0.05) is 6.07 Å². The lowest BCUT2D eigenvalue weighted by atomic mass is 9.98. The van der Waals surface area contributed by atoms with Gasteiger partial charge in [0, 0.05) is 24.2 Å². The second-order valence-corrected chi connectivity index (χ2v) is 3.43. The van der Waals surface area contributed by atoms with E-state index in [1.54, 1.807) is 12.1 Å². The molecule has 0 spiro atoms. The van der Waals surface area contributed by atoms with Crippen molar-refractivity contribution in [3.8, 4) is 5.75 Å². The number of phenols is 1. The Hall–Kier alpha value is -1.22. The molecule has 70 valence electrons. The molecule has 3 heteroatoms. The summed E-state index contributed by atoms with van der Waals surface area (Å²) in [4.78, 5) is 0. The maximum Gasteiger partial charge on any atom is 0.117 e. The molecule has 3 nitrogen and oxygen atoms in total. The first-order chi connectivity index (χ1) is 6.31. The molecule has 0 radical (unpaired) electrons. The van der Waals surface area contributed by atoms with Crippen LogP contribution in [0.5, 0.6) is 5.75 Å². The van der Waals surface area contributed by atoms with Crippen molar-refractivity contribution >= 4 is 5.69 Å². The molecule has 1 aliphatic heterocycles. The Morgan fingerprint density at radius 3 is 3.15 bits per heavy atom. The highest BCUT2D eigenvalue weighted by Gasteiger charge is 2.21. The van der Waals surface area contributed by atoms with E-state index in [-0.39, 0.29) is 0 Å². The zero-order chi connectivity index (χ0) is 9.26. The molecule has 0 fully saturated rings. The molecule has 1 aromatic rings. The van der Waals surface area contributed by atoms with Gasteiger partial charge < -0.3 is 16.2 Å². The number of phenolic OH excluding ortho intramolecular Hbond substituents is 1. The molecular formula is C10H14N2O. The lowest BCUT2D eigenvalue weighted by Gasteiger charge is -2.07. The van der Waals surface area contributed by atoms with Crippen LogP contribution in [0.3, 0.4) is 0 Å². The van der Waals surface area contributed by atoms with Crippen molar-refractivity contribution in [3.05, 3.63) is 23.8 Å². The van der Waals surface area contributed by atoms with Crippen LogP contribution in [0.1, 0.15) is 17.9 Å². The number of nitrogens with two attached hydrogens (primary N) is 1. The third kappa shape index (κ3) is 1.47. The fraction of sp³-hybridized carbons (Fsp3) is 0.400. The molecule has 0 aliphatic carbocycles. The Morgan fingerprint density at radius 2 is 2.38 bits per heavy atom. The van der Waals surface area contributed by atoms with E-state index in [0.29, 0.717) is 18.2 Å². The summed E-state index contributed by atoms with van der Waals surface area (Å²) in [6.45, 7) is 1.66. The minimum absolute atomic E-state index is 0.319. The van der Waals surface area contributed by atoms with Crippen LogP contribution in [-0.4, -0.2) is 18.2 Å². The summed E-state index contributed by atoms with van der Waals surface area (Å²) in [7, 11) is 0. The lowest BCUT2D eigenvalue weighted by molar-refractivity contribution is 0.475. The Morgan fingerprint density at radius 1 is 1.54 bits per heavy atom. The maximum atomic E-state index is 9.25. The standard InChI is InChI=1S/C10H14N2O/c11-4-3-7-6-12-10-5-8(13)1-2-9(7)10/h1-2,5,7,12-13H,3-4,6,11H2. The normalized spacial score (nSPS) is 19.6. The van der Waals surface area contributed by atoms with Gasteiger partial charge in [0.1, 0.15) is 5.75 Å². The van der Waals surface area contributed by atoms with E-state index in [9.17, 15) is 5.11 Å². The van der Waals surface area contributed by atoms with Crippen LogP contribution in [0.25, 0.3) is 0 Å². The van der Waals surface area contributed by atoms with Crippen LogP contribution in [0, 0.1) is 0 Å². The minimum atomic E-state index is 0.319. The zero-order valence-electron chi connectivity index (χ0n) is 7.46. The molecule has 2 rings (SSSR count). The van der Waals surface area contributed by atoms with E-state index in [1.165, 1.54) is 5.56 Å². The SMILES string of the molecule is NCCC1CNc2cc(O)ccc21. The van der Waals surface area contributed by atoms with Crippen molar-refractivity contribution in [2.45, 2.75) is 12.3 Å². The van der Waals surface area contributed by atoms with Gasteiger partial charge in [-0.05, 0) is 24.6 Å². The van der Waals surface area contributed by atoms with E-state index in [0.717, 1.165) is 18.7 Å². The molecule has 0 saturated heterocycles. The maximum absolute atomic E-state index is 9.25. The summed E-state index contributed by atoms with van der Waals surface area (Å²) in [6, 6.07) is 5.48. The molecule has 1 aromatic carbocycles. The first-order valence-corrected chi connectivity index (χ1v) is 4.58. The van der Waals surface area contributed by atoms with Gasteiger partial charge in [0.15, 0.2) is 0 Å². The Balaban J connectivity index is 2.27. The number of aromatic hydroxyl groups is 1. The highest BCUT2D eigenvalue weighted by Crippen LogP contribution is 2.35. The van der Waals surface area contributed by atoms with Gasteiger partial charge in [-0.3, -0.25) is 0 Å². The van der Waals surface area contributed by atoms with Crippen LogP contribution in [-0.2, 0) is 0 Å². The molecule has 1 unspecified atom stereocenters. The van der Waals surface area contributed by atoms with Crippen LogP contribution >= 0.6 is 0 Å². The average molecular weight is 178 g/mol. The van der Waals surface area contributed by atoms with Gasteiger partial charge in [-0.25, -0.2) is 0 Å². The zero-order valence-corrected chi connectivity index (χ0v) is 7.46. The number of hydrogen-bond acceptors (Lipinski definition) is 3. The molecular weight excluding hydrogens is 164 g/mol. The summed E-state index contributed by atoms with van der Waals surface area (Å²) in [5.74, 6) is 0.834. The Kier molecular flexibility index (Phi) is 2.10. The molecule has 0 aromatic heterocycles. The molecule has 1 aliphatic rings. The molecule has 4 N–H and O–H groups in total. The fourth-order valence-corrected chi connectivity index (χ4v) is 1.86. The Bertz CT molecular complexity index is 312. The Labute approximate surface area is 77.6 Å². The van der Waals surface area contributed by atoms with Crippen molar-refractivity contribution in [1.82, 2.24) is 0 Å². The number of rotatable bonds is 2. The molecule has 0 amide bonds. The summed E-state index contributed by atoms with van der Waals surface area (Å²) in [5, 5.41) is 12.5. The van der Waals surface area contributed by atoms with Crippen LogP contribution in [0.15, 0.2) is 18.2 Å². The third-order valence-electron chi connectivity index (χ3n) is 2.53. The molecule has 1 heterocycles. The first-order valence-electron chi connectivity index (χ1n) is 4.58. The summed E-state index contributed by atoms with van der Waals surface area (Å²) < 4.78 is 0. The van der Waals surface area contributed by atoms with E-state index in [2.05, 4.69) is 5.32 Å². The van der Waals surface area contributed by atoms with Gasteiger partial charge >= 0.3 is 0 Å². The topological polar surface area (TPSA) is 58.3 Å². The van der Waals surface area contributed by atoms with Crippen molar-refractivity contribution in [2.24, 2.45) is 5.73 Å². The lowest BCUT2D eigenvalue weighted by Crippen LogP contribution is -2.08. The minimum Gasteiger partial charge on any atom is -0.508 e. The van der Waals surface area contributed by atoms with Gasteiger partial charge in [-0.15, -0.1) is 0 Å². The largest absolute Gasteiger partial charge is 0.508 e. The van der Waals surface area contributed by atoms with Crippen molar-refractivity contribution in [3.63, 3.8) is 0 Å². The first kappa shape index (κ1) is 8.38. The molecule has 1 atom stereocenters. The van der Waals surface area contributed by atoms with E-state index >= 15 is 0 Å². The van der Waals surface area contributed by atoms with Gasteiger partial charge in [0.25, 0.3) is 0 Å². The van der Waals surface area contributed by atoms with Gasteiger partial charge in [-0.2, -0.15) is 0 Å². The molecule has 0 saturated carbocycles. The fourth-order valence-electron chi connectivity index (χ4n) is 1.86. The summed E-state index contributed by atoms with van der Waals surface area (Å²) >= 11 is 0. The summed E-state index contributed by atoms with van der Waals surface area (Å²) in [6.07, 6.45) is 1.00. The van der Waals surface area contributed by atoms with Crippen molar-refractivity contribution < 1.29 is 5.11 Å². The van der Waals surface area contributed by atoms with Crippen molar-refractivity contribution in [1.29, 1.82) is 0 Å². The van der Waals surface area contributed by atoms with Crippen LogP contribution < -0.4 is 11.1 Å². The predicted octanol–water partition coefficient (Wildman–Crippen LogP) is 1.25. The quantitative estimate of drug-likeness (QED) is 0.638. The predicted molar refractivity (Wildman–Crippen MR) is 53.0 cm³/mol. The smallest absolute Gasteiger partial charge is 0.117 e. The number of hydrogen-bond donors (Lipinski definition) is 3. The summed E-state index contributed by atoms with van der Waals surface area (Å²) in [5.41, 5.74) is 7.85. The highest BCUT2D eigenvalue weighted by molar-refractivity contribution is 5.60. The van der Waals surface area contributed by atoms with Crippen molar-refractivity contribution in [2.75, 3.05) is 18.4 Å². The van der Waals surface area contributed by atoms with Gasteiger partial charge in [0.05, 0.1) is 0 Å². The number of anilines is 1.